The van der Waals surface area contributed by atoms with Gasteiger partial charge in [-0.3, -0.25) is 0 Å². The van der Waals surface area contributed by atoms with Crippen LogP contribution in [0.3, 0.4) is 0 Å². The van der Waals surface area contributed by atoms with Crippen molar-refractivity contribution in [3.8, 4) is 0 Å². The van der Waals surface area contributed by atoms with Crippen LogP contribution in [0.25, 0.3) is 0 Å². The number of nitrogens with two attached hydrogens (primary N) is 1. The summed E-state index contributed by atoms with van der Waals surface area (Å²) in [7, 11) is -3.09. The zero-order valence-corrected chi connectivity index (χ0v) is 9.26. The van der Waals surface area contributed by atoms with Crippen molar-refractivity contribution >= 4 is 10.0 Å². The summed E-state index contributed by atoms with van der Waals surface area (Å²) in [6.45, 7) is 6.00. The Morgan fingerprint density at radius 2 is 2.08 bits per heavy atom. The van der Waals surface area contributed by atoms with Crippen molar-refractivity contribution in [2.45, 2.75) is 38.8 Å². The van der Waals surface area contributed by atoms with E-state index in [9.17, 15) is 8.42 Å². The molecule has 1 fully saturated rings. The van der Waals surface area contributed by atoms with Gasteiger partial charge in [-0.25, -0.2) is 8.42 Å². The van der Waals surface area contributed by atoms with Crippen molar-refractivity contribution < 1.29 is 8.42 Å². The van der Waals surface area contributed by atoms with E-state index in [0.717, 1.165) is 6.42 Å². The van der Waals surface area contributed by atoms with E-state index in [1.54, 1.807) is 6.92 Å². The third-order valence-electron chi connectivity index (χ3n) is 2.89. The molecule has 1 heterocycles. The van der Waals surface area contributed by atoms with Crippen LogP contribution in [-0.4, -0.2) is 36.6 Å². The minimum Gasteiger partial charge on any atom is -0.326 e. The molecule has 1 atom stereocenters. The first kappa shape index (κ1) is 10.9. The standard InChI is InChI=1S/C8H18N2O2S/c1-4-13(11,12)10-6-5-7(9)8(10,2)3/h7H,4-6,9H2,1-3H3. The van der Waals surface area contributed by atoms with Crippen molar-refractivity contribution in [1.82, 2.24) is 4.31 Å². The molecule has 4 nitrogen and oxygen atoms in total. The molecule has 1 aliphatic heterocycles. The minimum absolute atomic E-state index is 0.0474. The van der Waals surface area contributed by atoms with Crippen LogP contribution in [0, 0.1) is 0 Å². The quantitative estimate of drug-likeness (QED) is 0.699. The van der Waals surface area contributed by atoms with Gasteiger partial charge in [-0.05, 0) is 27.2 Å². The largest absolute Gasteiger partial charge is 0.326 e. The molecule has 0 spiro atoms. The van der Waals surface area contributed by atoms with Crippen LogP contribution in [-0.2, 0) is 10.0 Å². The predicted octanol–water partition coefficient (Wildman–Crippen LogP) is 0.148. The zero-order chi connectivity index (χ0) is 10.3. The van der Waals surface area contributed by atoms with E-state index in [4.69, 9.17) is 5.73 Å². The van der Waals surface area contributed by atoms with Gasteiger partial charge in [0.2, 0.25) is 10.0 Å². The summed E-state index contributed by atoms with van der Waals surface area (Å²) in [4.78, 5) is 0. The van der Waals surface area contributed by atoms with Crippen LogP contribution >= 0.6 is 0 Å². The van der Waals surface area contributed by atoms with E-state index in [1.807, 2.05) is 13.8 Å². The Balaban J connectivity index is 2.97. The molecule has 1 unspecified atom stereocenters. The molecule has 1 saturated heterocycles. The van der Waals surface area contributed by atoms with E-state index < -0.39 is 15.6 Å². The summed E-state index contributed by atoms with van der Waals surface area (Å²) < 4.78 is 24.8. The maximum atomic E-state index is 11.6. The van der Waals surface area contributed by atoms with E-state index in [0.29, 0.717) is 6.54 Å². The second kappa shape index (κ2) is 3.22. The molecule has 2 N–H and O–H groups in total. The molecule has 0 aliphatic carbocycles. The number of hydrogen-bond donors (Lipinski definition) is 1. The summed E-state index contributed by atoms with van der Waals surface area (Å²) >= 11 is 0. The van der Waals surface area contributed by atoms with Gasteiger partial charge in [0.1, 0.15) is 0 Å². The molecule has 1 aliphatic rings. The number of sulfonamides is 1. The second-order valence-corrected chi connectivity index (χ2v) is 6.20. The molecule has 1 rings (SSSR count). The van der Waals surface area contributed by atoms with Crippen molar-refractivity contribution in [3.63, 3.8) is 0 Å². The average Bonchev–Trinajstić information content (AvgIpc) is 2.28. The number of nitrogens with zero attached hydrogens (tertiary/aromatic N) is 1. The lowest BCUT2D eigenvalue weighted by atomic mass is 9.98. The molecular formula is C8H18N2O2S. The molecule has 0 saturated carbocycles. The lowest BCUT2D eigenvalue weighted by Crippen LogP contribution is -2.51. The highest BCUT2D eigenvalue weighted by molar-refractivity contribution is 7.89. The molecule has 0 bridgehead atoms. The highest BCUT2D eigenvalue weighted by Crippen LogP contribution is 2.30. The molecule has 0 aromatic carbocycles. The predicted molar refractivity (Wildman–Crippen MR) is 52.8 cm³/mol. The highest BCUT2D eigenvalue weighted by atomic mass is 32.2. The second-order valence-electron chi connectivity index (χ2n) is 4.02. The SMILES string of the molecule is CCS(=O)(=O)N1CCC(N)C1(C)C. The van der Waals surface area contributed by atoms with Gasteiger partial charge in [-0.2, -0.15) is 4.31 Å². The van der Waals surface area contributed by atoms with Crippen LogP contribution in [0.1, 0.15) is 27.2 Å². The smallest absolute Gasteiger partial charge is 0.214 e. The van der Waals surface area contributed by atoms with Gasteiger partial charge in [-0.1, -0.05) is 0 Å². The summed E-state index contributed by atoms with van der Waals surface area (Å²) in [6, 6.07) is -0.0474. The average molecular weight is 206 g/mol. The summed E-state index contributed by atoms with van der Waals surface area (Å²) in [5, 5.41) is 0. The van der Waals surface area contributed by atoms with Crippen molar-refractivity contribution in [2.24, 2.45) is 5.73 Å². The first-order valence-corrected chi connectivity index (χ1v) is 6.19. The molecule has 0 aromatic rings. The lowest BCUT2D eigenvalue weighted by molar-refractivity contribution is 0.270. The topological polar surface area (TPSA) is 63.4 Å². The summed E-state index contributed by atoms with van der Waals surface area (Å²) in [6.07, 6.45) is 0.756. The summed E-state index contributed by atoms with van der Waals surface area (Å²) in [5.41, 5.74) is 5.43. The Morgan fingerprint density at radius 1 is 1.54 bits per heavy atom. The molecule has 5 heteroatoms. The Morgan fingerprint density at radius 3 is 2.38 bits per heavy atom. The number of rotatable bonds is 2. The van der Waals surface area contributed by atoms with Gasteiger partial charge in [0.05, 0.1) is 5.75 Å². The van der Waals surface area contributed by atoms with Gasteiger partial charge < -0.3 is 5.73 Å². The van der Waals surface area contributed by atoms with Crippen molar-refractivity contribution in [3.05, 3.63) is 0 Å². The van der Waals surface area contributed by atoms with Crippen LogP contribution < -0.4 is 5.73 Å². The molecule has 78 valence electrons. The third kappa shape index (κ3) is 1.73. The zero-order valence-electron chi connectivity index (χ0n) is 8.45. The Bertz CT molecular complexity index is 285. The lowest BCUT2D eigenvalue weighted by Gasteiger charge is -2.33. The molecule has 13 heavy (non-hydrogen) atoms. The van der Waals surface area contributed by atoms with Crippen LogP contribution in [0.5, 0.6) is 0 Å². The fraction of sp³-hybridized carbons (Fsp3) is 1.00. The summed E-state index contributed by atoms with van der Waals surface area (Å²) in [5.74, 6) is 0.156. The molecular weight excluding hydrogens is 188 g/mol. The molecule has 0 aromatic heterocycles. The van der Waals surface area contributed by atoms with Gasteiger partial charge >= 0.3 is 0 Å². The van der Waals surface area contributed by atoms with E-state index in [2.05, 4.69) is 0 Å². The van der Waals surface area contributed by atoms with Gasteiger partial charge in [0, 0.05) is 18.1 Å². The Labute approximate surface area is 80.1 Å². The monoisotopic (exact) mass is 206 g/mol. The normalized spacial score (nSPS) is 29.4. The third-order valence-corrected chi connectivity index (χ3v) is 4.95. The van der Waals surface area contributed by atoms with Crippen LogP contribution in [0.15, 0.2) is 0 Å². The van der Waals surface area contributed by atoms with Crippen LogP contribution in [0.2, 0.25) is 0 Å². The maximum absolute atomic E-state index is 11.6. The maximum Gasteiger partial charge on any atom is 0.214 e. The van der Waals surface area contributed by atoms with E-state index in [1.165, 1.54) is 4.31 Å². The van der Waals surface area contributed by atoms with Gasteiger partial charge in [-0.15, -0.1) is 0 Å². The molecule has 0 radical (unpaired) electrons. The minimum atomic E-state index is -3.09. The fourth-order valence-electron chi connectivity index (χ4n) is 1.74. The van der Waals surface area contributed by atoms with Crippen molar-refractivity contribution in [1.29, 1.82) is 0 Å². The Hall–Kier alpha value is -0.130. The van der Waals surface area contributed by atoms with Crippen LogP contribution in [0.4, 0.5) is 0 Å². The number of hydrogen-bond acceptors (Lipinski definition) is 3. The highest BCUT2D eigenvalue weighted by Gasteiger charge is 2.44. The first-order valence-electron chi connectivity index (χ1n) is 4.58. The molecule has 0 amide bonds. The van der Waals surface area contributed by atoms with Gasteiger partial charge in [0.15, 0.2) is 0 Å². The van der Waals surface area contributed by atoms with E-state index >= 15 is 0 Å². The van der Waals surface area contributed by atoms with Crippen molar-refractivity contribution in [2.75, 3.05) is 12.3 Å². The fourth-order valence-corrected chi connectivity index (χ4v) is 3.28. The van der Waals surface area contributed by atoms with E-state index in [-0.39, 0.29) is 11.8 Å². The Kier molecular flexibility index (Phi) is 2.71. The van der Waals surface area contributed by atoms with Gasteiger partial charge in [0.25, 0.3) is 0 Å². The first-order chi connectivity index (χ1) is 5.82.